The van der Waals surface area contributed by atoms with Gasteiger partial charge in [-0.3, -0.25) is 17.7 Å². The van der Waals surface area contributed by atoms with E-state index in [1.165, 1.54) is 4.90 Å². The van der Waals surface area contributed by atoms with Gasteiger partial charge in [-0.15, -0.1) is 0 Å². The number of fused-ring (bicyclic) bond motifs is 1. The van der Waals surface area contributed by atoms with Crippen LogP contribution in [0.5, 0.6) is 0 Å². The number of aliphatic imine (C=N–C) groups is 1. The number of pyridine rings is 1. The average molecular weight is 732 g/mol. The zero-order valence-electron chi connectivity index (χ0n) is 24.5. The first kappa shape index (κ1) is 31.0. The number of carbonyl (C=O) groups excluding carboxylic acids is 2. The molecule has 0 unspecified atom stereocenters. The zero-order chi connectivity index (χ0) is 31.4. The van der Waals surface area contributed by atoms with Gasteiger partial charge < -0.3 is 20.0 Å². The molecule has 1 fully saturated rings. The summed E-state index contributed by atoms with van der Waals surface area (Å²) >= 11 is -0.630. The Hall–Kier alpha value is -4.01. The molecular formula is C32H33F3IN7O2. The summed E-state index contributed by atoms with van der Waals surface area (Å²) in [5.74, 6) is 0.389. The molecule has 45 heavy (non-hydrogen) atoms. The predicted octanol–water partition coefficient (Wildman–Crippen LogP) is 5.49. The molecule has 5 heterocycles. The highest BCUT2D eigenvalue weighted by molar-refractivity contribution is 14.2. The summed E-state index contributed by atoms with van der Waals surface area (Å²) < 4.78 is 40.6. The fourth-order valence-electron chi connectivity index (χ4n) is 5.63. The number of hydrogen-bond donors (Lipinski definition) is 1. The zero-order valence-corrected chi connectivity index (χ0v) is 26.7. The lowest BCUT2D eigenvalue weighted by Gasteiger charge is -2.29. The third-order valence-corrected chi connectivity index (χ3v) is 10.3. The van der Waals surface area contributed by atoms with Crippen molar-refractivity contribution in [3.63, 3.8) is 0 Å². The van der Waals surface area contributed by atoms with Gasteiger partial charge in [0, 0.05) is 86.8 Å². The van der Waals surface area contributed by atoms with Gasteiger partial charge in [-0.2, -0.15) is 13.2 Å². The van der Waals surface area contributed by atoms with E-state index in [0.717, 1.165) is 51.6 Å². The molecule has 0 bridgehead atoms. The van der Waals surface area contributed by atoms with Gasteiger partial charge in [0.1, 0.15) is 0 Å². The molecule has 0 spiro atoms. The van der Waals surface area contributed by atoms with E-state index in [1.807, 2.05) is 65.7 Å². The Morgan fingerprint density at radius 2 is 1.76 bits per heavy atom. The number of amides is 2. The Labute approximate surface area is 269 Å². The molecule has 13 heteroatoms. The van der Waals surface area contributed by atoms with E-state index in [2.05, 4.69) is 18.3 Å². The minimum atomic E-state index is -4.34. The second-order valence-electron chi connectivity index (χ2n) is 11.0. The number of anilines is 2. The Morgan fingerprint density at radius 3 is 2.49 bits per heavy atom. The molecular weight excluding hydrogens is 698 g/mol. The SMILES string of the molecule is O=C(CCC(F)(F)F)N1CC=C(C2=CC=CN3I=C(Nc4ccc(C(=O)N5CCCN(c6ccncc6)CC5)cc4)N=C23)CC1. The van der Waals surface area contributed by atoms with Crippen LogP contribution in [-0.4, -0.2) is 84.7 Å². The second-order valence-corrected chi connectivity index (χ2v) is 13.6. The second kappa shape index (κ2) is 13.5. The van der Waals surface area contributed by atoms with Gasteiger partial charge in [0.2, 0.25) is 5.91 Å². The van der Waals surface area contributed by atoms with Gasteiger partial charge in [-0.1, -0.05) is 6.08 Å². The minimum absolute atomic E-state index is 0.0257. The Kier molecular flexibility index (Phi) is 9.33. The fourth-order valence-corrected chi connectivity index (χ4v) is 7.83. The van der Waals surface area contributed by atoms with Crippen molar-refractivity contribution in [2.75, 3.05) is 49.5 Å². The van der Waals surface area contributed by atoms with Crippen LogP contribution < -0.4 is 10.2 Å². The molecule has 0 saturated carbocycles. The number of alkyl halides is 3. The standard InChI is InChI=1S/C32H33F3IN7O2/c33-32(34,35)13-8-28(44)41-19-11-23(12-20-41)27-3-1-18-43-29(27)39-31(36-43)38-25-6-4-24(5-7-25)30(45)42-17-2-16-40(21-22-42)26-9-14-37-15-10-26/h1,3-7,9-11,14-15,18,38H,2,8,12-13,16-17,19-22H2. The summed E-state index contributed by atoms with van der Waals surface area (Å²) in [5.41, 5.74) is 4.63. The first-order valence-corrected chi connectivity index (χ1v) is 16.9. The number of nitrogens with one attached hydrogen (secondary N) is 1. The van der Waals surface area contributed by atoms with Crippen molar-refractivity contribution in [2.45, 2.75) is 31.9 Å². The van der Waals surface area contributed by atoms with Crippen molar-refractivity contribution >= 4 is 53.8 Å². The van der Waals surface area contributed by atoms with Crippen molar-refractivity contribution in [1.82, 2.24) is 17.9 Å². The van der Waals surface area contributed by atoms with Crippen LogP contribution in [0.1, 0.15) is 36.0 Å². The normalized spacial score (nSPS) is 18.6. The molecule has 0 atom stereocenters. The number of carbonyl (C=O) groups is 2. The summed E-state index contributed by atoms with van der Waals surface area (Å²) in [6.45, 7) is 3.70. The van der Waals surface area contributed by atoms with E-state index >= 15 is 0 Å². The van der Waals surface area contributed by atoms with E-state index < -0.39 is 45.9 Å². The number of hydrogen-bond acceptors (Lipinski definition) is 7. The lowest BCUT2D eigenvalue weighted by atomic mass is 9.96. The number of amidine groups is 1. The van der Waals surface area contributed by atoms with Crippen molar-refractivity contribution in [3.8, 4) is 0 Å². The summed E-state index contributed by atoms with van der Waals surface area (Å²) in [6, 6.07) is 11.5. The largest absolute Gasteiger partial charge is 0.389 e. The van der Waals surface area contributed by atoms with Crippen molar-refractivity contribution < 1.29 is 22.8 Å². The molecule has 2 amide bonds. The molecule has 1 saturated heterocycles. The maximum Gasteiger partial charge on any atom is 0.389 e. The van der Waals surface area contributed by atoms with E-state index in [0.29, 0.717) is 31.6 Å². The molecule has 0 radical (unpaired) electrons. The molecule has 4 aliphatic heterocycles. The van der Waals surface area contributed by atoms with Gasteiger partial charge in [-0.25, -0.2) is 4.99 Å². The van der Waals surface area contributed by atoms with E-state index in [9.17, 15) is 22.8 Å². The average Bonchev–Trinajstić information content (AvgIpc) is 3.30. The van der Waals surface area contributed by atoms with Crippen LogP contribution in [0.3, 0.4) is 0 Å². The summed E-state index contributed by atoms with van der Waals surface area (Å²) in [7, 11) is 0. The van der Waals surface area contributed by atoms with Gasteiger partial charge in [-0.05, 0) is 67.0 Å². The third kappa shape index (κ3) is 7.63. The maximum atomic E-state index is 13.3. The van der Waals surface area contributed by atoms with E-state index in [4.69, 9.17) is 4.99 Å². The van der Waals surface area contributed by atoms with Gasteiger partial charge in [0.05, 0.1) is 27.4 Å². The van der Waals surface area contributed by atoms with Crippen LogP contribution >= 0.6 is 21.0 Å². The summed E-state index contributed by atoms with van der Waals surface area (Å²) in [6.07, 6.45) is 6.95. The Bertz CT molecular complexity index is 1590. The number of rotatable bonds is 7. The smallest absolute Gasteiger partial charge is 0.370 e. The number of benzene rings is 1. The monoisotopic (exact) mass is 731 g/mol. The highest BCUT2D eigenvalue weighted by atomic mass is 127. The third-order valence-electron chi connectivity index (χ3n) is 8.02. The van der Waals surface area contributed by atoms with Crippen LogP contribution in [0.15, 0.2) is 89.4 Å². The van der Waals surface area contributed by atoms with Crippen LogP contribution in [-0.2, 0) is 4.79 Å². The van der Waals surface area contributed by atoms with Crippen molar-refractivity contribution in [2.24, 2.45) is 4.99 Å². The predicted molar refractivity (Wildman–Crippen MR) is 177 cm³/mol. The van der Waals surface area contributed by atoms with E-state index in [-0.39, 0.29) is 12.5 Å². The van der Waals surface area contributed by atoms with Crippen LogP contribution in [0.2, 0.25) is 0 Å². The highest BCUT2D eigenvalue weighted by Gasteiger charge is 2.31. The number of allylic oxidation sites excluding steroid dienone is 2. The first-order valence-electron chi connectivity index (χ1n) is 14.9. The molecule has 1 aromatic carbocycles. The fraction of sp³-hybridized carbons (Fsp3) is 0.344. The number of aromatic nitrogens is 1. The van der Waals surface area contributed by atoms with Crippen LogP contribution in [0.25, 0.3) is 0 Å². The number of halogens is 4. The minimum Gasteiger partial charge on any atom is -0.370 e. The summed E-state index contributed by atoms with van der Waals surface area (Å²) in [5, 5.41) is 3.42. The van der Waals surface area contributed by atoms with Gasteiger partial charge >= 0.3 is 6.18 Å². The molecule has 9 nitrogen and oxygen atoms in total. The molecule has 0 aliphatic carbocycles. The lowest BCUT2D eigenvalue weighted by Crippen LogP contribution is -2.36. The first-order chi connectivity index (χ1) is 21.7. The van der Waals surface area contributed by atoms with Crippen LogP contribution in [0, 0.1) is 0 Å². The highest BCUT2D eigenvalue weighted by Crippen LogP contribution is 2.33. The van der Waals surface area contributed by atoms with Gasteiger partial charge in [0.25, 0.3) is 5.91 Å². The lowest BCUT2D eigenvalue weighted by molar-refractivity contribution is -0.148. The Morgan fingerprint density at radius 1 is 0.956 bits per heavy atom. The molecule has 1 N–H and O–H groups in total. The molecule has 2 aromatic rings. The van der Waals surface area contributed by atoms with Gasteiger partial charge in [0.15, 0.2) is 9.59 Å². The van der Waals surface area contributed by atoms with E-state index in [1.54, 1.807) is 12.4 Å². The maximum absolute atomic E-state index is 13.3. The van der Waals surface area contributed by atoms with Crippen LogP contribution in [0.4, 0.5) is 24.5 Å². The molecule has 236 valence electrons. The molecule has 6 rings (SSSR count). The number of nitrogens with zero attached hydrogens (tertiary/aromatic N) is 6. The molecule has 1 aromatic heterocycles. The molecule has 4 aliphatic rings. The van der Waals surface area contributed by atoms with Crippen molar-refractivity contribution in [1.29, 1.82) is 0 Å². The van der Waals surface area contributed by atoms with Crippen molar-refractivity contribution in [3.05, 3.63) is 89.9 Å². The summed E-state index contributed by atoms with van der Waals surface area (Å²) in [4.78, 5) is 40.2. The topological polar surface area (TPSA) is 84.4 Å². The Balaban J connectivity index is 1.04. The quantitative estimate of drug-likeness (QED) is 0.300.